The molecule has 2 heterocycles. The van der Waals surface area contributed by atoms with Gasteiger partial charge in [-0.15, -0.1) is 10.2 Å². The van der Waals surface area contributed by atoms with Gasteiger partial charge in [-0.2, -0.15) is 18.2 Å². The van der Waals surface area contributed by atoms with Crippen molar-refractivity contribution in [3.63, 3.8) is 0 Å². The summed E-state index contributed by atoms with van der Waals surface area (Å²) in [5, 5.41) is 9.68. The first-order valence-electron chi connectivity index (χ1n) is 5.59. The van der Waals surface area contributed by atoms with Gasteiger partial charge in [-0.05, 0) is 6.92 Å². The molecule has 2 aromatic rings. The van der Waals surface area contributed by atoms with Crippen molar-refractivity contribution in [3.05, 3.63) is 17.5 Å². The topological polar surface area (TPSA) is 95.7 Å². The van der Waals surface area contributed by atoms with Crippen LogP contribution in [0.3, 0.4) is 0 Å². The number of halogens is 3. The SMILES string of the molecule is CCc1noc(C(C)Sc2nnc(C(F)(F)F)n2N)n1. The molecule has 0 spiro atoms. The molecular weight excluding hydrogens is 297 g/mol. The van der Waals surface area contributed by atoms with Crippen molar-refractivity contribution < 1.29 is 17.7 Å². The lowest BCUT2D eigenvalue weighted by Gasteiger charge is -2.07. The fraction of sp³-hybridized carbons (Fsp3) is 0.556. The Labute approximate surface area is 115 Å². The number of nitrogens with zero attached hydrogens (tertiary/aromatic N) is 5. The van der Waals surface area contributed by atoms with E-state index in [1.54, 1.807) is 6.92 Å². The molecule has 0 amide bonds. The number of alkyl halides is 3. The van der Waals surface area contributed by atoms with Crippen LogP contribution in [0.15, 0.2) is 9.68 Å². The molecule has 7 nitrogen and oxygen atoms in total. The number of thioether (sulfide) groups is 1. The second kappa shape index (κ2) is 5.31. The number of aromatic nitrogens is 5. The fourth-order valence-corrected chi connectivity index (χ4v) is 2.14. The van der Waals surface area contributed by atoms with Crippen molar-refractivity contribution in [2.24, 2.45) is 0 Å². The van der Waals surface area contributed by atoms with Gasteiger partial charge in [0.15, 0.2) is 5.82 Å². The van der Waals surface area contributed by atoms with Crippen LogP contribution in [0.25, 0.3) is 0 Å². The average molecular weight is 308 g/mol. The maximum absolute atomic E-state index is 12.5. The van der Waals surface area contributed by atoms with E-state index < -0.39 is 17.3 Å². The van der Waals surface area contributed by atoms with E-state index in [1.165, 1.54) is 0 Å². The molecule has 11 heteroatoms. The molecule has 0 saturated carbocycles. The van der Waals surface area contributed by atoms with E-state index in [9.17, 15) is 13.2 Å². The van der Waals surface area contributed by atoms with Crippen LogP contribution in [-0.4, -0.2) is 25.0 Å². The minimum atomic E-state index is -4.65. The summed E-state index contributed by atoms with van der Waals surface area (Å²) in [6.45, 7) is 3.55. The first-order chi connectivity index (χ1) is 9.32. The van der Waals surface area contributed by atoms with Crippen LogP contribution in [0.1, 0.15) is 36.6 Å². The zero-order valence-corrected chi connectivity index (χ0v) is 11.4. The molecule has 2 rings (SSSR count). The number of aryl methyl sites for hydroxylation is 1. The van der Waals surface area contributed by atoms with Crippen LogP contribution in [0.4, 0.5) is 13.2 Å². The Kier molecular flexibility index (Phi) is 3.88. The first-order valence-corrected chi connectivity index (χ1v) is 6.47. The van der Waals surface area contributed by atoms with Crippen LogP contribution in [-0.2, 0) is 12.6 Å². The second-order valence-electron chi connectivity index (χ2n) is 3.84. The molecule has 1 atom stereocenters. The average Bonchev–Trinajstić information content (AvgIpc) is 2.96. The summed E-state index contributed by atoms with van der Waals surface area (Å²) in [6, 6.07) is 0. The van der Waals surface area contributed by atoms with E-state index in [0.29, 0.717) is 22.8 Å². The summed E-state index contributed by atoms with van der Waals surface area (Å²) in [5.74, 6) is 4.89. The molecule has 0 radical (unpaired) electrons. The number of hydrogen-bond donors (Lipinski definition) is 1. The van der Waals surface area contributed by atoms with Crippen molar-refractivity contribution in [3.8, 4) is 0 Å². The lowest BCUT2D eigenvalue weighted by Crippen LogP contribution is -2.21. The van der Waals surface area contributed by atoms with E-state index in [4.69, 9.17) is 10.4 Å². The molecule has 1 unspecified atom stereocenters. The van der Waals surface area contributed by atoms with Gasteiger partial charge in [0, 0.05) is 6.42 Å². The molecule has 0 aliphatic heterocycles. The van der Waals surface area contributed by atoms with Gasteiger partial charge < -0.3 is 10.4 Å². The van der Waals surface area contributed by atoms with Crippen LogP contribution >= 0.6 is 11.8 Å². The van der Waals surface area contributed by atoms with Crippen molar-refractivity contribution >= 4 is 11.8 Å². The molecule has 0 aromatic carbocycles. The summed E-state index contributed by atoms with van der Waals surface area (Å²) in [6.07, 6.45) is -4.05. The monoisotopic (exact) mass is 308 g/mol. The molecule has 110 valence electrons. The van der Waals surface area contributed by atoms with Crippen LogP contribution in [0.5, 0.6) is 0 Å². The Balaban J connectivity index is 2.16. The molecular formula is C9H11F3N6OS. The standard InChI is InChI=1S/C9H11F3N6OS/c1-3-5-14-6(19-17-5)4(2)20-8-16-15-7(18(8)13)9(10,11)12/h4H,3,13H2,1-2H3. The molecule has 0 saturated heterocycles. The van der Waals surface area contributed by atoms with E-state index in [-0.39, 0.29) is 5.16 Å². The van der Waals surface area contributed by atoms with Crippen molar-refractivity contribution in [1.29, 1.82) is 0 Å². The predicted octanol–water partition coefficient (Wildman–Crippen LogP) is 1.81. The number of nitrogens with two attached hydrogens (primary N) is 1. The quantitative estimate of drug-likeness (QED) is 0.679. The Morgan fingerprint density at radius 1 is 1.40 bits per heavy atom. The largest absolute Gasteiger partial charge is 0.453 e. The lowest BCUT2D eigenvalue weighted by atomic mass is 10.4. The van der Waals surface area contributed by atoms with Crippen LogP contribution < -0.4 is 5.84 Å². The van der Waals surface area contributed by atoms with Gasteiger partial charge in [0.25, 0.3) is 5.82 Å². The third kappa shape index (κ3) is 2.86. The fourth-order valence-electron chi connectivity index (χ4n) is 1.34. The molecule has 2 aromatic heterocycles. The number of rotatable bonds is 4. The summed E-state index contributed by atoms with van der Waals surface area (Å²) < 4.78 is 43.0. The summed E-state index contributed by atoms with van der Waals surface area (Å²) in [7, 11) is 0. The van der Waals surface area contributed by atoms with Gasteiger partial charge in [0.1, 0.15) is 0 Å². The number of nitrogen functional groups attached to an aromatic ring is 1. The zero-order valence-electron chi connectivity index (χ0n) is 10.5. The Morgan fingerprint density at radius 2 is 2.10 bits per heavy atom. The van der Waals surface area contributed by atoms with E-state index in [1.807, 2.05) is 6.92 Å². The summed E-state index contributed by atoms with van der Waals surface area (Å²) >= 11 is 0.952. The maximum Gasteiger partial charge on any atom is 0.453 e. The zero-order chi connectivity index (χ0) is 14.9. The minimum Gasteiger partial charge on any atom is -0.338 e. The maximum atomic E-state index is 12.5. The highest BCUT2D eigenvalue weighted by molar-refractivity contribution is 7.99. The molecule has 0 bridgehead atoms. The first kappa shape index (κ1) is 14.6. The van der Waals surface area contributed by atoms with Crippen LogP contribution in [0, 0.1) is 0 Å². The minimum absolute atomic E-state index is 0.0823. The molecule has 20 heavy (non-hydrogen) atoms. The van der Waals surface area contributed by atoms with Gasteiger partial charge in [0.05, 0.1) is 5.25 Å². The van der Waals surface area contributed by atoms with Crippen molar-refractivity contribution in [2.75, 3.05) is 5.84 Å². The highest BCUT2D eigenvalue weighted by Gasteiger charge is 2.38. The Morgan fingerprint density at radius 3 is 2.60 bits per heavy atom. The van der Waals surface area contributed by atoms with Gasteiger partial charge >= 0.3 is 6.18 Å². The third-order valence-corrected chi connectivity index (χ3v) is 3.39. The van der Waals surface area contributed by atoms with Gasteiger partial charge in [0.2, 0.25) is 11.0 Å². The molecule has 0 aliphatic rings. The van der Waals surface area contributed by atoms with Gasteiger partial charge in [-0.1, -0.05) is 23.8 Å². The van der Waals surface area contributed by atoms with Gasteiger partial charge in [-0.25, -0.2) is 4.68 Å². The highest BCUT2D eigenvalue weighted by atomic mass is 32.2. The Hall–Kier alpha value is -1.78. The van der Waals surface area contributed by atoms with Crippen molar-refractivity contribution in [1.82, 2.24) is 25.0 Å². The predicted molar refractivity (Wildman–Crippen MR) is 63.1 cm³/mol. The Bertz CT molecular complexity index is 595. The van der Waals surface area contributed by atoms with E-state index in [2.05, 4.69) is 20.3 Å². The molecule has 0 aliphatic carbocycles. The van der Waals surface area contributed by atoms with Crippen LogP contribution in [0.2, 0.25) is 0 Å². The summed E-state index contributed by atoms with van der Waals surface area (Å²) in [5.41, 5.74) is 0. The number of hydrogen-bond acceptors (Lipinski definition) is 7. The lowest BCUT2D eigenvalue weighted by molar-refractivity contribution is -0.146. The smallest absolute Gasteiger partial charge is 0.338 e. The second-order valence-corrected chi connectivity index (χ2v) is 5.14. The van der Waals surface area contributed by atoms with Crippen molar-refractivity contribution in [2.45, 2.75) is 36.9 Å². The normalized spacial score (nSPS) is 13.7. The molecule has 0 fully saturated rings. The molecule has 2 N–H and O–H groups in total. The van der Waals surface area contributed by atoms with Gasteiger partial charge in [-0.3, -0.25) is 0 Å². The summed E-state index contributed by atoms with van der Waals surface area (Å²) in [4.78, 5) is 4.09. The highest BCUT2D eigenvalue weighted by Crippen LogP contribution is 2.35. The van der Waals surface area contributed by atoms with E-state index >= 15 is 0 Å². The third-order valence-electron chi connectivity index (χ3n) is 2.35. The van der Waals surface area contributed by atoms with E-state index in [0.717, 1.165) is 11.8 Å².